The molecule has 154 valence electrons. The molecule has 7 nitrogen and oxygen atoms in total. The maximum Gasteiger partial charge on any atom is 0.340 e. The molecule has 7 heteroatoms. The van der Waals surface area contributed by atoms with E-state index >= 15 is 0 Å². The number of esters is 2. The van der Waals surface area contributed by atoms with Crippen LogP contribution in [-0.2, 0) is 19.1 Å². The number of benzene rings is 2. The zero-order valence-electron chi connectivity index (χ0n) is 16.6. The van der Waals surface area contributed by atoms with Crippen molar-refractivity contribution in [2.45, 2.75) is 26.7 Å². The Morgan fingerprint density at radius 3 is 2.55 bits per heavy atom. The molecule has 0 aliphatic carbocycles. The lowest BCUT2D eigenvalue weighted by molar-refractivity contribution is -0.147. The number of carbonyl (C=O) groups is 3. The third-order valence-electron chi connectivity index (χ3n) is 3.84. The first kappa shape index (κ1) is 21.9. The van der Waals surface area contributed by atoms with Crippen LogP contribution in [0.25, 0.3) is 0 Å². The highest BCUT2D eigenvalue weighted by molar-refractivity contribution is 6.01. The third-order valence-corrected chi connectivity index (χ3v) is 3.84. The molecular weight excluding hydrogens is 374 g/mol. The molecule has 0 atom stereocenters. The van der Waals surface area contributed by atoms with Crippen molar-refractivity contribution >= 4 is 23.5 Å². The highest BCUT2D eigenvalue weighted by Crippen LogP contribution is 2.16. The van der Waals surface area contributed by atoms with Gasteiger partial charge in [-0.05, 0) is 50.1 Å². The van der Waals surface area contributed by atoms with Gasteiger partial charge in [0.1, 0.15) is 5.75 Å². The van der Waals surface area contributed by atoms with Gasteiger partial charge in [0.15, 0.2) is 6.61 Å². The molecule has 0 fully saturated rings. The minimum absolute atomic E-state index is 0.137. The summed E-state index contributed by atoms with van der Waals surface area (Å²) in [6.07, 6.45) is 0.610. The van der Waals surface area contributed by atoms with E-state index in [1.807, 2.05) is 31.2 Å². The van der Waals surface area contributed by atoms with E-state index in [1.54, 1.807) is 31.2 Å². The Hall–Kier alpha value is -3.35. The average molecular weight is 399 g/mol. The van der Waals surface area contributed by atoms with Crippen molar-refractivity contribution < 1.29 is 28.6 Å². The van der Waals surface area contributed by atoms with Crippen LogP contribution in [0.4, 0.5) is 5.69 Å². The Morgan fingerprint density at radius 2 is 1.79 bits per heavy atom. The normalized spacial score (nSPS) is 10.1. The molecule has 0 aliphatic heterocycles. The maximum absolute atomic E-state index is 12.0. The summed E-state index contributed by atoms with van der Waals surface area (Å²) in [6, 6.07) is 14.1. The zero-order valence-corrected chi connectivity index (χ0v) is 16.6. The van der Waals surface area contributed by atoms with E-state index < -0.39 is 24.5 Å². The molecule has 1 N–H and O–H groups in total. The van der Waals surface area contributed by atoms with Crippen molar-refractivity contribution in [1.29, 1.82) is 0 Å². The summed E-state index contributed by atoms with van der Waals surface area (Å²) in [7, 11) is 0. The highest BCUT2D eigenvalue weighted by atomic mass is 16.5. The van der Waals surface area contributed by atoms with Gasteiger partial charge in [-0.3, -0.25) is 9.59 Å². The molecule has 2 aromatic carbocycles. The summed E-state index contributed by atoms with van der Waals surface area (Å²) < 4.78 is 15.5. The fourth-order valence-electron chi connectivity index (χ4n) is 2.50. The summed E-state index contributed by atoms with van der Waals surface area (Å²) in [5.74, 6) is -0.815. The fraction of sp³-hybridized carbons (Fsp3) is 0.318. The van der Waals surface area contributed by atoms with E-state index in [0.29, 0.717) is 18.7 Å². The van der Waals surface area contributed by atoms with Gasteiger partial charge in [-0.1, -0.05) is 24.3 Å². The molecule has 0 saturated heterocycles. The monoisotopic (exact) mass is 399 g/mol. The molecule has 0 heterocycles. The quantitative estimate of drug-likeness (QED) is 0.486. The number of amides is 1. The van der Waals surface area contributed by atoms with Crippen molar-refractivity contribution in [2.24, 2.45) is 0 Å². The summed E-state index contributed by atoms with van der Waals surface area (Å²) in [4.78, 5) is 35.7. The van der Waals surface area contributed by atoms with Gasteiger partial charge in [-0.2, -0.15) is 0 Å². The van der Waals surface area contributed by atoms with Gasteiger partial charge in [-0.25, -0.2) is 4.79 Å². The fourth-order valence-corrected chi connectivity index (χ4v) is 2.50. The summed E-state index contributed by atoms with van der Waals surface area (Å²) in [5.41, 5.74) is 1.64. The molecule has 0 aromatic heterocycles. The first-order chi connectivity index (χ1) is 14.0. The first-order valence-electron chi connectivity index (χ1n) is 9.40. The number of para-hydroxylation sites is 1. The number of ether oxygens (including phenoxy) is 3. The predicted octanol–water partition coefficient (Wildman–Crippen LogP) is 3.51. The van der Waals surface area contributed by atoms with E-state index in [2.05, 4.69) is 5.32 Å². The second kappa shape index (κ2) is 11.5. The van der Waals surface area contributed by atoms with E-state index in [4.69, 9.17) is 14.2 Å². The second-order valence-electron chi connectivity index (χ2n) is 6.24. The SMILES string of the molecule is CCOC(=O)c1ccccc1NC(=O)COC(=O)CCCOc1cccc(C)c1. The molecule has 0 aliphatic rings. The van der Waals surface area contributed by atoms with Crippen molar-refractivity contribution in [3.8, 4) is 5.75 Å². The van der Waals surface area contributed by atoms with Crippen LogP contribution in [0.5, 0.6) is 5.75 Å². The summed E-state index contributed by atoms with van der Waals surface area (Å²) >= 11 is 0. The molecule has 2 aromatic rings. The van der Waals surface area contributed by atoms with Crippen LogP contribution < -0.4 is 10.1 Å². The van der Waals surface area contributed by atoms with Crippen LogP contribution in [0.15, 0.2) is 48.5 Å². The number of nitrogens with one attached hydrogen (secondary N) is 1. The molecule has 0 spiro atoms. The lowest BCUT2D eigenvalue weighted by atomic mass is 10.2. The average Bonchev–Trinajstić information content (AvgIpc) is 2.70. The van der Waals surface area contributed by atoms with Crippen molar-refractivity contribution in [1.82, 2.24) is 0 Å². The standard InChI is InChI=1S/C22H25NO6/c1-3-27-22(26)18-10-4-5-11-19(18)23-20(24)15-29-21(25)12-7-13-28-17-9-6-8-16(2)14-17/h4-6,8-11,14H,3,7,12-13,15H2,1-2H3,(H,23,24). The van der Waals surface area contributed by atoms with Crippen LogP contribution in [-0.4, -0.2) is 37.7 Å². The smallest absolute Gasteiger partial charge is 0.340 e. The van der Waals surface area contributed by atoms with Gasteiger partial charge in [0.05, 0.1) is 24.5 Å². The predicted molar refractivity (Wildman–Crippen MR) is 108 cm³/mol. The molecule has 0 saturated carbocycles. The van der Waals surface area contributed by atoms with Gasteiger partial charge < -0.3 is 19.5 Å². The topological polar surface area (TPSA) is 90.9 Å². The zero-order chi connectivity index (χ0) is 21.1. The Balaban J connectivity index is 1.71. The molecular formula is C22H25NO6. The minimum atomic E-state index is -0.536. The van der Waals surface area contributed by atoms with Crippen LogP contribution >= 0.6 is 0 Å². The number of aryl methyl sites for hydroxylation is 1. The molecule has 0 radical (unpaired) electrons. The molecule has 2 rings (SSSR count). The lowest BCUT2D eigenvalue weighted by Crippen LogP contribution is -2.22. The van der Waals surface area contributed by atoms with Crippen LogP contribution in [0.1, 0.15) is 35.7 Å². The molecule has 1 amide bonds. The number of hydrogen-bond donors (Lipinski definition) is 1. The summed E-state index contributed by atoms with van der Waals surface area (Å²) in [5, 5.41) is 2.56. The molecule has 0 unspecified atom stereocenters. The van der Waals surface area contributed by atoms with E-state index in [-0.39, 0.29) is 18.6 Å². The largest absolute Gasteiger partial charge is 0.494 e. The van der Waals surface area contributed by atoms with Crippen LogP contribution in [0.3, 0.4) is 0 Å². The Bertz CT molecular complexity index is 849. The summed E-state index contributed by atoms with van der Waals surface area (Å²) in [6.45, 7) is 3.84. The number of rotatable bonds is 10. The van der Waals surface area contributed by atoms with Crippen LogP contribution in [0, 0.1) is 6.92 Å². The number of hydrogen-bond acceptors (Lipinski definition) is 6. The van der Waals surface area contributed by atoms with Gasteiger partial charge in [-0.15, -0.1) is 0 Å². The van der Waals surface area contributed by atoms with E-state index in [9.17, 15) is 14.4 Å². The Morgan fingerprint density at radius 1 is 1.00 bits per heavy atom. The molecule has 29 heavy (non-hydrogen) atoms. The Labute approximate surface area is 170 Å². The lowest BCUT2D eigenvalue weighted by Gasteiger charge is -2.11. The second-order valence-corrected chi connectivity index (χ2v) is 6.24. The maximum atomic E-state index is 12.0. The van der Waals surface area contributed by atoms with E-state index in [0.717, 1.165) is 11.3 Å². The number of anilines is 1. The van der Waals surface area contributed by atoms with Crippen molar-refractivity contribution in [2.75, 3.05) is 25.1 Å². The minimum Gasteiger partial charge on any atom is -0.494 e. The third kappa shape index (κ3) is 7.65. The van der Waals surface area contributed by atoms with E-state index in [1.165, 1.54) is 0 Å². The first-order valence-corrected chi connectivity index (χ1v) is 9.40. The molecule has 0 bridgehead atoms. The van der Waals surface area contributed by atoms with Crippen LogP contribution in [0.2, 0.25) is 0 Å². The van der Waals surface area contributed by atoms with Crippen molar-refractivity contribution in [3.05, 3.63) is 59.7 Å². The van der Waals surface area contributed by atoms with Crippen molar-refractivity contribution in [3.63, 3.8) is 0 Å². The Kier molecular flexibility index (Phi) is 8.69. The number of carbonyl (C=O) groups excluding carboxylic acids is 3. The van der Waals surface area contributed by atoms with Gasteiger partial charge >= 0.3 is 11.9 Å². The van der Waals surface area contributed by atoms with Gasteiger partial charge in [0.25, 0.3) is 5.91 Å². The van der Waals surface area contributed by atoms with Gasteiger partial charge in [0, 0.05) is 6.42 Å². The van der Waals surface area contributed by atoms with Gasteiger partial charge in [0.2, 0.25) is 0 Å². The highest BCUT2D eigenvalue weighted by Gasteiger charge is 2.15.